The van der Waals surface area contributed by atoms with Crippen molar-refractivity contribution in [3.05, 3.63) is 17.2 Å². The average Bonchev–Trinajstić information content (AvgIpc) is 2.62. The lowest BCUT2D eigenvalue weighted by molar-refractivity contribution is -0.120. The number of carbonyl (C=O) groups is 1. The van der Waals surface area contributed by atoms with E-state index in [0.717, 1.165) is 0 Å². The highest BCUT2D eigenvalue weighted by Crippen LogP contribution is 2.36. The number of carbonyl (C=O) groups excluding carboxylic acids is 1. The zero-order valence-corrected chi connectivity index (χ0v) is 16.9. The van der Waals surface area contributed by atoms with Gasteiger partial charge in [0, 0.05) is 45.2 Å². The molecular weight excluding hydrogens is 382 g/mol. The highest BCUT2D eigenvalue weighted by molar-refractivity contribution is 7.86. The van der Waals surface area contributed by atoms with Gasteiger partial charge in [-0.3, -0.25) is 4.79 Å². The maximum Gasteiger partial charge on any atom is 0.281 e. The second-order valence-electron chi connectivity index (χ2n) is 6.14. The van der Waals surface area contributed by atoms with E-state index >= 15 is 0 Å². The van der Waals surface area contributed by atoms with Crippen LogP contribution in [0.25, 0.3) is 0 Å². The van der Waals surface area contributed by atoms with Crippen LogP contribution in [-0.2, 0) is 15.0 Å². The molecule has 0 saturated carbocycles. The Morgan fingerprint density at radius 3 is 2.27 bits per heavy atom. The van der Waals surface area contributed by atoms with Crippen molar-refractivity contribution in [3.8, 4) is 11.5 Å². The van der Waals surface area contributed by atoms with Crippen LogP contribution in [0.2, 0.25) is 5.02 Å². The molecule has 0 unspecified atom stereocenters. The van der Waals surface area contributed by atoms with Gasteiger partial charge in [-0.05, 0) is 12.8 Å². The molecule has 1 N–H and O–H groups in total. The number of piperidine rings is 1. The van der Waals surface area contributed by atoms with Crippen molar-refractivity contribution in [1.82, 2.24) is 8.61 Å². The molecule has 146 valence electrons. The summed E-state index contributed by atoms with van der Waals surface area (Å²) in [6.45, 7) is 0.610. The lowest BCUT2D eigenvalue weighted by Crippen LogP contribution is -2.46. The number of anilines is 1. The van der Waals surface area contributed by atoms with Gasteiger partial charge in [-0.25, -0.2) is 0 Å². The van der Waals surface area contributed by atoms with Crippen molar-refractivity contribution in [2.75, 3.05) is 46.7 Å². The summed E-state index contributed by atoms with van der Waals surface area (Å²) in [6.07, 6.45) is 0.901. The van der Waals surface area contributed by atoms with E-state index in [4.69, 9.17) is 21.1 Å². The zero-order chi connectivity index (χ0) is 19.5. The summed E-state index contributed by atoms with van der Waals surface area (Å²) in [5, 5.41) is 3.21. The summed E-state index contributed by atoms with van der Waals surface area (Å²) < 4.78 is 37.3. The number of nitrogens with zero attached hydrogens (tertiary/aromatic N) is 2. The smallest absolute Gasteiger partial charge is 0.281 e. The molecule has 1 fully saturated rings. The van der Waals surface area contributed by atoms with E-state index < -0.39 is 10.2 Å². The first-order valence-electron chi connectivity index (χ1n) is 8.10. The largest absolute Gasteiger partial charge is 0.495 e. The summed E-state index contributed by atoms with van der Waals surface area (Å²) in [6, 6.07) is 3.17. The molecule has 0 radical (unpaired) electrons. The van der Waals surface area contributed by atoms with Crippen molar-refractivity contribution in [2.45, 2.75) is 12.8 Å². The molecule has 8 nitrogen and oxygen atoms in total. The van der Waals surface area contributed by atoms with Gasteiger partial charge in [0.05, 0.1) is 24.9 Å². The fourth-order valence-electron chi connectivity index (χ4n) is 2.77. The molecule has 26 heavy (non-hydrogen) atoms. The first-order valence-corrected chi connectivity index (χ1v) is 9.88. The van der Waals surface area contributed by atoms with E-state index in [0.29, 0.717) is 48.1 Å². The fraction of sp³-hybridized carbons (Fsp3) is 0.562. The summed E-state index contributed by atoms with van der Waals surface area (Å²) in [7, 11) is 2.51. The fourth-order valence-corrected chi connectivity index (χ4v) is 4.14. The molecule has 10 heteroatoms. The Morgan fingerprint density at radius 2 is 1.77 bits per heavy atom. The third-order valence-electron chi connectivity index (χ3n) is 4.34. The number of halogens is 1. The monoisotopic (exact) mass is 405 g/mol. The molecule has 0 spiro atoms. The number of methoxy groups -OCH3 is 2. The highest BCUT2D eigenvalue weighted by atomic mass is 35.5. The van der Waals surface area contributed by atoms with Crippen LogP contribution in [0.4, 0.5) is 5.69 Å². The average molecular weight is 406 g/mol. The Kier molecular flexibility index (Phi) is 6.73. The highest BCUT2D eigenvalue weighted by Gasteiger charge is 2.32. The summed E-state index contributed by atoms with van der Waals surface area (Å²) in [4.78, 5) is 12.6. The molecule has 0 atom stereocenters. The predicted octanol–water partition coefficient (Wildman–Crippen LogP) is 1.81. The molecule has 0 bridgehead atoms. The number of hydrogen-bond acceptors (Lipinski definition) is 5. The minimum atomic E-state index is -3.45. The second-order valence-corrected chi connectivity index (χ2v) is 8.69. The van der Waals surface area contributed by atoms with E-state index in [2.05, 4.69) is 5.32 Å². The number of benzene rings is 1. The first-order chi connectivity index (χ1) is 12.2. The quantitative estimate of drug-likeness (QED) is 0.779. The van der Waals surface area contributed by atoms with Gasteiger partial charge in [0.25, 0.3) is 10.2 Å². The Hall–Kier alpha value is -1.55. The minimum absolute atomic E-state index is 0.186. The second kappa shape index (κ2) is 8.43. The van der Waals surface area contributed by atoms with Gasteiger partial charge in [-0.2, -0.15) is 17.0 Å². The van der Waals surface area contributed by atoms with Crippen LogP contribution < -0.4 is 14.8 Å². The topological polar surface area (TPSA) is 88.2 Å². The Morgan fingerprint density at radius 1 is 1.19 bits per heavy atom. The van der Waals surface area contributed by atoms with E-state index in [-0.39, 0.29) is 11.8 Å². The van der Waals surface area contributed by atoms with Crippen LogP contribution in [-0.4, -0.2) is 64.3 Å². The number of nitrogens with one attached hydrogen (secondary N) is 1. The molecule has 2 rings (SSSR count). The van der Waals surface area contributed by atoms with Crippen molar-refractivity contribution >= 4 is 33.4 Å². The molecule has 1 heterocycles. The van der Waals surface area contributed by atoms with Crippen molar-refractivity contribution < 1.29 is 22.7 Å². The van der Waals surface area contributed by atoms with E-state index in [9.17, 15) is 13.2 Å². The van der Waals surface area contributed by atoms with Gasteiger partial charge in [0.1, 0.15) is 11.5 Å². The van der Waals surface area contributed by atoms with Crippen LogP contribution >= 0.6 is 11.6 Å². The van der Waals surface area contributed by atoms with Crippen LogP contribution in [0.5, 0.6) is 11.5 Å². The lowest BCUT2D eigenvalue weighted by atomic mass is 9.97. The molecule has 0 aliphatic carbocycles. The molecule has 1 aliphatic rings. The van der Waals surface area contributed by atoms with Gasteiger partial charge in [0.15, 0.2) is 0 Å². The number of ether oxygens (including phenoxy) is 2. The van der Waals surface area contributed by atoms with Gasteiger partial charge < -0.3 is 14.8 Å². The SMILES string of the molecule is COc1cc(NC(=O)C2CCN(S(=O)(=O)N(C)C)CC2)c(OC)cc1Cl. The maximum absolute atomic E-state index is 12.6. The normalized spacial score (nSPS) is 16.5. The maximum atomic E-state index is 12.6. The van der Waals surface area contributed by atoms with Crippen molar-refractivity contribution in [3.63, 3.8) is 0 Å². The Balaban J connectivity index is 2.06. The number of rotatable bonds is 6. The summed E-state index contributed by atoms with van der Waals surface area (Å²) in [5.41, 5.74) is 0.460. The van der Waals surface area contributed by atoms with Gasteiger partial charge in [-0.1, -0.05) is 11.6 Å². The third kappa shape index (κ3) is 4.40. The summed E-state index contributed by atoms with van der Waals surface area (Å²) in [5.74, 6) is 0.385. The van der Waals surface area contributed by atoms with Gasteiger partial charge >= 0.3 is 0 Å². The molecule has 1 aliphatic heterocycles. The van der Waals surface area contributed by atoms with Crippen LogP contribution in [0.15, 0.2) is 12.1 Å². The van der Waals surface area contributed by atoms with Gasteiger partial charge in [0.2, 0.25) is 5.91 Å². The lowest BCUT2D eigenvalue weighted by Gasteiger charge is -2.32. The molecule has 1 saturated heterocycles. The van der Waals surface area contributed by atoms with Gasteiger partial charge in [-0.15, -0.1) is 0 Å². The van der Waals surface area contributed by atoms with E-state index in [1.54, 1.807) is 12.1 Å². The van der Waals surface area contributed by atoms with E-state index in [1.807, 2.05) is 0 Å². The molecular formula is C16H24ClN3O5S. The van der Waals surface area contributed by atoms with Crippen molar-refractivity contribution in [1.29, 1.82) is 0 Å². The molecule has 1 aromatic carbocycles. The molecule has 0 aromatic heterocycles. The van der Waals surface area contributed by atoms with Crippen LogP contribution in [0, 0.1) is 5.92 Å². The predicted molar refractivity (Wildman–Crippen MR) is 100 cm³/mol. The number of amides is 1. The zero-order valence-electron chi connectivity index (χ0n) is 15.3. The standard InChI is InChI=1S/C16H24ClN3O5S/c1-19(2)26(22,23)20-7-5-11(6-8-20)16(21)18-13-10-14(24-3)12(17)9-15(13)25-4/h9-11H,5-8H2,1-4H3,(H,18,21). The number of hydrogen-bond donors (Lipinski definition) is 1. The van der Waals surface area contributed by atoms with Crippen LogP contribution in [0.1, 0.15) is 12.8 Å². The molecule has 1 amide bonds. The summed E-state index contributed by atoms with van der Waals surface area (Å²) >= 11 is 6.07. The van der Waals surface area contributed by atoms with E-state index in [1.165, 1.54) is 36.9 Å². The Labute approximate surface area is 159 Å². The van der Waals surface area contributed by atoms with Crippen LogP contribution in [0.3, 0.4) is 0 Å². The minimum Gasteiger partial charge on any atom is -0.495 e. The first kappa shape index (κ1) is 20.8. The Bertz CT molecular complexity index is 761. The molecule has 1 aromatic rings. The van der Waals surface area contributed by atoms with Crippen molar-refractivity contribution in [2.24, 2.45) is 5.92 Å². The third-order valence-corrected chi connectivity index (χ3v) is 6.58.